The fourth-order valence-electron chi connectivity index (χ4n) is 2.63. The lowest BCUT2D eigenvalue weighted by Crippen LogP contribution is -2.39. The molecule has 2 N–H and O–H groups in total. The number of carbonyl (C=O) groups is 3. The van der Waals surface area contributed by atoms with E-state index < -0.39 is 11.9 Å². The van der Waals surface area contributed by atoms with Gasteiger partial charge < -0.3 is 20.0 Å². The number of carboxylic acids is 2. The minimum absolute atomic E-state index is 0.187. The molecule has 1 saturated heterocycles. The maximum Gasteiger partial charge on any atom is 0.414 e. The number of nitrogens with zero attached hydrogens (tertiary/aromatic N) is 2. The molecule has 0 saturated carbocycles. The predicted molar refractivity (Wildman–Crippen MR) is 93.5 cm³/mol. The Bertz CT molecular complexity index is 554. The normalized spacial score (nSPS) is 14.6. The average Bonchev–Trinajstić information content (AvgIpc) is 2.61. The summed E-state index contributed by atoms with van der Waals surface area (Å²) in [5.74, 6) is -2.68. The number of aliphatic carboxylic acids is 2. The Morgan fingerprint density at radius 2 is 1.56 bits per heavy atom. The van der Waals surface area contributed by atoms with E-state index >= 15 is 0 Å². The van der Waals surface area contributed by atoms with Gasteiger partial charge in [0.1, 0.15) is 0 Å². The molecular formula is C18H26N2O5. The van der Waals surface area contributed by atoms with Crippen molar-refractivity contribution in [2.45, 2.75) is 19.3 Å². The van der Waals surface area contributed by atoms with E-state index in [1.54, 1.807) is 0 Å². The van der Waals surface area contributed by atoms with Gasteiger partial charge in [-0.2, -0.15) is 0 Å². The van der Waals surface area contributed by atoms with Gasteiger partial charge in [0.25, 0.3) is 5.91 Å². The van der Waals surface area contributed by atoms with Crippen molar-refractivity contribution in [2.24, 2.45) is 5.92 Å². The highest BCUT2D eigenvalue weighted by Gasteiger charge is 2.23. The monoisotopic (exact) mass is 350 g/mol. The number of carbonyl (C=O) groups excluding carboxylic acids is 1. The number of hydrogen-bond donors (Lipinski definition) is 2. The van der Waals surface area contributed by atoms with Crippen molar-refractivity contribution < 1.29 is 24.6 Å². The van der Waals surface area contributed by atoms with Crippen LogP contribution in [-0.4, -0.2) is 71.6 Å². The van der Waals surface area contributed by atoms with Crippen LogP contribution in [0.25, 0.3) is 0 Å². The van der Waals surface area contributed by atoms with Gasteiger partial charge in [-0.25, -0.2) is 9.59 Å². The maximum atomic E-state index is 12.3. The predicted octanol–water partition coefficient (Wildman–Crippen LogP) is 1.65. The molecule has 1 fully saturated rings. The summed E-state index contributed by atoms with van der Waals surface area (Å²) in [5.41, 5.74) is 0.814. The molecular weight excluding hydrogens is 324 g/mol. The Morgan fingerprint density at radius 1 is 1.04 bits per heavy atom. The lowest BCUT2D eigenvalue weighted by atomic mass is 9.93. The molecule has 1 amide bonds. The third-order valence-electron chi connectivity index (χ3n) is 4.09. The first kappa shape index (κ1) is 20.6. The molecule has 1 aliphatic heterocycles. The molecule has 0 bridgehead atoms. The summed E-state index contributed by atoms with van der Waals surface area (Å²) in [4.78, 5) is 34.7. The third kappa shape index (κ3) is 7.80. The summed E-state index contributed by atoms with van der Waals surface area (Å²) in [5, 5.41) is 14.8. The van der Waals surface area contributed by atoms with Gasteiger partial charge in [-0.15, -0.1) is 0 Å². The van der Waals surface area contributed by atoms with Crippen LogP contribution in [0.1, 0.15) is 29.6 Å². The van der Waals surface area contributed by atoms with Crippen molar-refractivity contribution >= 4 is 17.8 Å². The minimum Gasteiger partial charge on any atom is -0.473 e. The average molecular weight is 350 g/mol. The molecule has 138 valence electrons. The van der Waals surface area contributed by atoms with E-state index in [1.165, 1.54) is 6.42 Å². The molecule has 0 atom stereocenters. The summed E-state index contributed by atoms with van der Waals surface area (Å²) >= 11 is 0. The SMILES string of the molecule is CN(C)CCC1CCN(C(=O)c2ccccc2)CC1.O=C(O)C(=O)O. The number of carboxylic acid groups (broad SMARTS) is 2. The summed E-state index contributed by atoms with van der Waals surface area (Å²) in [7, 11) is 4.24. The molecule has 0 spiro atoms. The topological polar surface area (TPSA) is 98.2 Å². The van der Waals surface area contributed by atoms with Crippen molar-refractivity contribution in [3.8, 4) is 0 Å². The third-order valence-corrected chi connectivity index (χ3v) is 4.09. The second-order valence-electron chi connectivity index (χ2n) is 6.30. The van der Waals surface area contributed by atoms with Gasteiger partial charge in [-0.05, 0) is 58.0 Å². The molecule has 2 rings (SSSR count). The van der Waals surface area contributed by atoms with Crippen LogP contribution >= 0.6 is 0 Å². The largest absolute Gasteiger partial charge is 0.473 e. The summed E-state index contributed by atoms with van der Waals surface area (Å²) in [6.07, 6.45) is 3.54. The molecule has 7 nitrogen and oxygen atoms in total. The first-order chi connectivity index (χ1) is 11.8. The molecule has 0 aromatic heterocycles. The van der Waals surface area contributed by atoms with Gasteiger partial charge in [0.15, 0.2) is 0 Å². The number of likely N-dealkylation sites (tertiary alicyclic amines) is 1. The Morgan fingerprint density at radius 3 is 2.00 bits per heavy atom. The van der Waals surface area contributed by atoms with E-state index in [1.807, 2.05) is 35.2 Å². The molecule has 1 aliphatic rings. The Balaban J connectivity index is 0.000000450. The first-order valence-electron chi connectivity index (χ1n) is 8.26. The number of rotatable bonds is 4. The number of amides is 1. The zero-order valence-corrected chi connectivity index (χ0v) is 14.7. The molecule has 1 aromatic rings. The highest BCUT2D eigenvalue weighted by Crippen LogP contribution is 2.21. The van der Waals surface area contributed by atoms with Crippen LogP contribution in [0.5, 0.6) is 0 Å². The van der Waals surface area contributed by atoms with Gasteiger partial charge in [-0.3, -0.25) is 4.79 Å². The fraction of sp³-hybridized carbons (Fsp3) is 0.500. The van der Waals surface area contributed by atoms with Crippen molar-refractivity contribution in [1.29, 1.82) is 0 Å². The van der Waals surface area contributed by atoms with Gasteiger partial charge in [-0.1, -0.05) is 18.2 Å². The standard InChI is InChI=1S/C16H24N2O.C2H2O4/c1-17(2)11-8-14-9-12-18(13-10-14)16(19)15-6-4-3-5-7-15;3-1(4)2(5)6/h3-7,14H,8-13H2,1-2H3;(H,3,4)(H,5,6). The Labute approximate surface area is 147 Å². The van der Waals surface area contributed by atoms with Crippen LogP contribution in [0.3, 0.4) is 0 Å². The van der Waals surface area contributed by atoms with Crippen molar-refractivity contribution in [3.05, 3.63) is 35.9 Å². The lowest BCUT2D eigenvalue weighted by Gasteiger charge is -2.32. The summed E-state index contributed by atoms with van der Waals surface area (Å²) in [6, 6.07) is 9.61. The van der Waals surface area contributed by atoms with Gasteiger partial charge in [0.2, 0.25) is 0 Å². The Kier molecular flexibility index (Phi) is 8.63. The van der Waals surface area contributed by atoms with Crippen LogP contribution < -0.4 is 0 Å². The lowest BCUT2D eigenvalue weighted by molar-refractivity contribution is -0.159. The molecule has 25 heavy (non-hydrogen) atoms. The van der Waals surface area contributed by atoms with Crippen molar-refractivity contribution in [2.75, 3.05) is 33.7 Å². The van der Waals surface area contributed by atoms with E-state index in [4.69, 9.17) is 19.8 Å². The van der Waals surface area contributed by atoms with Gasteiger partial charge in [0, 0.05) is 18.7 Å². The highest BCUT2D eigenvalue weighted by molar-refractivity contribution is 6.27. The smallest absolute Gasteiger partial charge is 0.414 e. The molecule has 0 aliphatic carbocycles. The van der Waals surface area contributed by atoms with Crippen LogP contribution in [-0.2, 0) is 9.59 Å². The number of hydrogen-bond acceptors (Lipinski definition) is 4. The molecule has 0 unspecified atom stereocenters. The van der Waals surface area contributed by atoms with E-state index in [0.717, 1.165) is 44.0 Å². The van der Waals surface area contributed by atoms with Crippen LogP contribution in [0, 0.1) is 5.92 Å². The second-order valence-corrected chi connectivity index (χ2v) is 6.30. The van der Waals surface area contributed by atoms with E-state index in [0.29, 0.717) is 0 Å². The number of piperidine rings is 1. The zero-order chi connectivity index (χ0) is 18.8. The van der Waals surface area contributed by atoms with E-state index in [2.05, 4.69) is 19.0 Å². The quantitative estimate of drug-likeness (QED) is 0.801. The molecule has 7 heteroatoms. The van der Waals surface area contributed by atoms with Crippen LogP contribution in [0.15, 0.2) is 30.3 Å². The van der Waals surface area contributed by atoms with E-state index in [9.17, 15) is 4.79 Å². The van der Waals surface area contributed by atoms with Crippen molar-refractivity contribution in [3.63, 3.8) is 0 Å². The fourth-order valence-corrected chi connectivity index (χ4v) is 2.63. The zero-order valence-electron chi connectivity index (χ0n) is 14.7. The minimum atomic E-state index is -1.82. The molecule has 1 heterocycles. The summed E-state index contributed by atoms with van der Waals surface area (Å²) in [6.45, 7) is 2.97. The second kappa shape index (κ2) is 10.5. The summed E-state index contributed by atoms with van der Waals surface area (Å²) < 4.78 is 0. The molecule has 1 aromatic carbocycles. The Hall–Kier alpha value is -2.41. The van der Waals surface area contributed by atoms with Gasteiger partial charge in [0.05, 0.1) is 0 Å². The van der Waals surface area contributed by atoms with Crippen molar-refractivity contribution in [1.82, 2.24) is 9.80 Å². The van der Waals surface area contributed by atoms with Crippen LogP contribution in [0.4, 0.5) is 0 Å². The molecule has 0 radical (unpaired) electrons. The van der Waals surface area contributed by atoms with E-state index in [-0.39, 0.29) is 5.91 Å². The maximum absolute atomic E-state index is 12.3. The van der Waals surface area contributed by atoms with Crippen LogP contribution in [0.2, 0.25) is 0 Å². The number of benzene rings is 1. The highest BCUT2D eigenvalue weighted by atomic mass is 16.4. The first-order valence-corrected chi connectivity index (χ1v) is 8.26. The van der Waals surface area contributed by atoms with Gasteiger partial charge >= 0.3 is 11.9 Å².